The molecule has 1 aliphatic rings. The highest BCUT2D eigenvalue weighted by molar-refractivity contribution is 5.78. The van der Waals surface area contributed by atoms with Crippen molar-refractivity contribution in [3.05, 3.63) is 29.8 Å². The number of carbonyl (C=O) groups excluding carboxylic acids is 2. The number of nitrogens with zero attached hydrogens (tertiary/aromatic N) is 1. The third-order valence-corrected chi connectivity index (χ3v) is 4.54. The van der Waals surface area contributed by atoms with Crippen LogP contribution in [0, 0.1) is 0 Å². The lowest BCUT2D eigenvalue weighted by Crippen LogP contribution is -2.40. The van der Waals surface area contributed by atoms with Crippen LogP contribution in [0.5, 0.6) is 5.75 Å². The number of likely N-dealkylation sites (tertiary alicyclic amines) is 1. The van der Waals surface area contributed by atoms with Gasteiger partial charge < -0.3 is 20.3 Å². The number of amides is 3. The van der Waals surface area contributed by atoms with Crippen molar-refractivity contribution in [2.45, 2.75) is 45.1 Å². The van der Waals surface area contributed by atoms with Gasteiger partial charge in [-0.3, -0.25) is 4.79 Å². The van der Waals surface area contributed by atoms with E-state index in [9.17, 15) is 9.59 Å². The summed E-state index contributed by atoms with van der Waals surface area (Å²) in [5.41, 5.74) is 0.917. The lowest BCUT2D eigenvalue weighted by Gasteiger charge is -2.21. The molecule has 1 aromatic rings. The minimum Gasteiger partial charge on any atom is -0.496 e. The highest BCUT2D eigenvalue weighted by Gasteiger charge is 2.16. The van der Waals surface area contributed by atoms with Crippen LogP contribution < -0.4 is 15.4 Å². The molecule has 1 atom stereocenters. The molecule has 0 radical (unpaired) electrons. The Morgan fingerprint density at radius 3 is 2.52 bits per heavy atom. The first-order chi connectivity index (χ1) is 12.1. The quantitative estimate of drug-likeness (QED) is 0.831. The van der Waals surface area contributed by atoms with Crippen LogP contribution in [0.4, 0.5) is 4.79 Å². The molecule has 0 aromatic heterocycles. The summed E-state index contributed by atoms with van der Waals surface area (Å²) in [5, 5.41) is 5.65. The molecule has 0 bridgehead atoms. The molecule has 1 aromatic carbocycles. The maximum Gasteiger partial charge on any atom is 0.315 e. The molecule has 0 saturated carbocycles. The fourth-order valence-electron chi connectivity index (χ4n) is 3.11. The minimum atomic E-state index is -0.276. The molecule has 0 aliphatic carbocycles. The van der Waals surface area contributed by atoms with Crippen molar-refractivity contribution in [2.24, 2.45) is 0 Å². The lowest BCUT2D eigenvalue weighted by molar-refractivity contribution is -0.131. The minimum absolute atomic E-state index is 0.125. The zero-order valence-corrected chi connectivity index (χ0v) is 15.2. The summed E-state index contributed by atoms with van der Waals surface area (Å²) in [5.74, 6) is 0.867. The SMILES string of the molecule is COc1ccccc1[C@@H](C)NC(=O)NCCC(=O)N1CCCCCC1. The number of rotatable bonds is 6. The zero-order valence-electron chi connectivity index (χ0n) is 15.2. The third kappa shape index (κ3) is 5.96. The second-order valence-corrected chi connectivity index (χ2v) is 6.41. The van der Waals surface area contributed by atoms with Crippen molar-refractivity contribution in [1.82, 2.24) is 15.5 Å². The summed E-state index contributed by atoms with van der Waals surface area (Å²) in [6.45, 7) is 3.94. The van der Waals surface area contributed by atoms with Crippen LogP contribution in [0.2, 0.25) is 0 Å². The molecule has 1 saturated heterocycles. The van der Waals surface area contributed by atoms with E-state index in [2.05, 4.69) is 10.6 Å². The summed E-state index contributed by atoms with van der Waals surface area (Å²) in [7, 11) is 1.61. The average molecular weight is 347 g/mol. The summed E-state index contributed by atoms with van der Waals surface area (Å²) >= 11 is 0. The van der Waals surface area contributed by atoms with Crippen molar-refractivity contribution >= 4 is 11.9 Å². The fourth-order valence-corrected chi connectivity index (χ4v) is 3.11. The molecule has 3 amide bonds. The van der Waals surface area contributed by atoms with Gasteiger partial charge in [-0.25, -0.2) is 4.79 Å². The van der Waals surface area contributed by atoms with Gasteiger partial charge in [0, 0.05) is 31.6 Å². The van der Waals surface area contributed by atoms with E-state index in [1.54, 1.807) is 7.11 Å². The smallest absolute Gasteiger partial charge is 0.315 e. The maximum absolute atomic E-state index is 12.2. The molecule has 6 heteroatoms. The first kappa shape index (κ1) is 19.1. The van der Waals surface area contributed by atoms with Gasteiger partial charge in [0.05, 0.1) is 13.2 Å². The number of nitrogens with one attached hydrogen (secondary N) is 2. The molecule has 1 fully saturated rings. The molecule has 138 valence electrons. The van der Waals surface area contributed by atoms with Crippen molar-refractivity contribution in [2.75, 3.05) is 26.7 Å². The second kappa shape index (κ2) is 9.91. The van der Waals surface area contributed by atoms with E-state index in [0.717, 1.165) is 37.2 Å². The molecule has 2 N–H and O–H groups in total. The number of methoxy groups -OCH3 is 1. The zero-order chi connectivity index (χ0) is 18.1. The van der Waals surface area contributed by atoms with Crippen LogP contribution in [0.25, 0.3) is 0 Å². The molecular weight excluding hydrogens is 318 g/mol. The standard InChI is InChI=1S/C19H29N3O3/c1-15(16-9-5-6-10-17(16)25-2)21-19(24)20-12-11-18(23)22-13-7-3-4-8-14-22/h5-6,9-10,15H,3-4,7-8,11-14H2,1-2H3,(H2,20,21,24)/t15-/m1/s1. The van der Waals surface area contributed by atoms with Crippen LogP contribution in [-0.2, 0) is 4.79 Å². The van der Waals surface area contributed by atoms with Crippen molar-refractivity contribution < 1.29 is 14.3 Å². The molecule has 2 rings (SSSR count). The van der Waals surface area contributed by atoms with Crippen LogP contribution in [-0.4, -0.2) is 43.6 Å². The number of para-hydroxylation sites is 1. The van der Waals surface area contributed by atoms with E-state index in [1.165, 1.54) is 12.8 Å². The fraction of sp³-hybridized carbons (Fsp3) is 0.579. The summed E-state index contributed by atoms with van der Waals surface area (Å²) in [6, 6.07) is 7.13. The highest BCUT2D eigenvalue weighted by Crippen LogP contribution is 2.24. The van der Waals surface area contributed by atoms with Crippen LogP contribution in [0.1, 0.15) is 50.6 Å². The Kier molecular flexibility index (Phi) is 7.57. The third-order valence-electron chi connectivity index (χ3n) is 4.54. The van der Waals surface area contributed by atoms with Gasteiger partial charge in [-0.1, -0.05) is 31.0 Å². The van der Waals surface area contributed by atoms with Gasteiger partial charge in [0.1, 0.15) is 5.75 Å². The number of ether oxygens (including phenoxy) is 1. The van der Waals surface area contributed by atoms with Gasteiger partial charge in [-0.2, -0.15) is 0 Å². The van der Waals surface area contributed by atoms with Crippen molar-refractivity contribution in [3.63, 3.8) is 0 Å². The number of benzene rings is 1. The predicted octanol–water partition coefficient (Wildman–Crippen LogP) is 2.85. The van der Waals surface area contributed by atoms with Crippen LogP contribution in [0.15, 0.2) is 24.3 Å². The summed E-state index contributed by atoms with van der Waals surface area (Å²) < 4.78 is 5.32. The van der Waals surface area contributed by atoms with Crippen molar-refractivity contribution in [3.8, 4) is 5.75 Å². The Bertz CT molecular complexity index is 569. The first-order valence-electron chi connectivity index (χ1n) is 9.07. The topological polar surface area (TPSA) is 70.7 Å². The molecular formula is C19H29N3O3. The monoisotopic (exact) mass is 347 g/mol. The molecule has 1 heterocycles. The van der Waals surface area contributed by atoms with Gasteiger partial charge in [0.2, 0.25) is 5.91 Å². The highest BCUT2D eigenvalue weighted by atomic mass is 16.5. The van der Waals surface area contributed by atoms with E-state index >= 15 is 0 Å². The van der Waals surface area contributed by atoms with Gasteiger partial charge in [0.25, 0.3) is 0 Å². The summed E-state index contributed by atoms with van der Waals surface area (Å²) in [6.07, 6.45) is 4.90. The molecule has 0 spiro atoms. The van der Waals surface area contributed by atoms with Gasteiger partial charge in [0.15, 0.2) is 0 Å². The van der Waals surface area contributed by atoms with E-state index in [1.807, 2.05) is 36.1 Å². The van der Waals surface area contributed by atoms with Gasteiger partial charge in [-0.05, 0) is 25.8 Å². The molecule has 6 nitrogen and oxygen atoms in total. The predicted molar refractivity (Wildman–Crippen MR) is 97.6 cm³/mol. The second-order valence-electron chi connectivity index (χ2n) is 6.41. The van der Waals surface area contributed by atoms with Crippen LogP contribution >= 0.6 is 0 Å². The largest absolute Gasteiger partial charge is 0.496 e. The number of hydrogen-bond acceptors (Lipinski definition) is 3. The number of hydrogen-bond donors (Lipinski definition) is 2. The number of urea groups is 1. The molecule has 25 heavy (non-hydrogen) atoms. The normalized spacial score (nSPS) is 15.8. The van der Waals surface area contributed by atoms with Gasteiger partial charge >= 0.3 is 6.03 Å². The van der Waals surface area contributed by atoms with Gasteiger partial charge in [-0.15, -0.1) is 0 Å². The Balaban J connectivity index is 1.73. The Labute approximate surface area is 149 Å². The maximum atomic E-state index is 12.2. The van der Waals surface area contributed by atoms with E-state index in [-0.39, 0.29) is 18.0 Å². The average Bonchev–Trinajstić information content (AvgIpc) is 2.91. The number of carbonyl (C=O) groups is 2. The Morgan fingerprint density at radius 1 is 1.16 bits per heavy atom. The Morgan fingerprint density at radius 2 is 1.84 bits per heavy atom. The summed E-state index contributed by atoms with van der Waals surface area (Å²) in [4.78, 5) is 26.2. The van der Waals surface area contributed by atoms with Crippen LogP contribution in [0.3, 0.4) is 0 Å². The lowest BCUT2D eigenvalue weighted by atomic mass is 10.1. The first-order valence-corrected chi connectivity index (χ1v) is 9.07. The van der Waals surface area contributed by atoms with E-state index in [0.29, 0.717) is 13.0 Å². The van der Waals surface area contributed by atoms with Crippen molar-refractivity contribution in [1.29, 1.82) is 0 Å². The Hall–Kier alpha value is -2.24. The van der Waals surface area contributed by atoms with E-state index in [4.69, 9.17) is 4.74 Å². The molecule has 1 aliphatic heterocycles. The van der Waals surface area contributed by atoms with E-state index < -0.39 is 0 Å². The molecule has 0 unspecified atom stereocenters.